The normalized spacial score (nSPS) is 28.4. The molecular formula is C14H27ClN2O. The summed E-state index contributed by atoms with van der Waals surface area (Å²) in [5.74, 6) is 0.571. The van der Waals surface area contributed by atoms with Crippen molar-refractivity contribution >= 4 is 18.3 Å². The molecule has 106 valence electrons. The van der Waals surface area contributed by atoms with Crippen molar-refractivity contribution < 1.29 is 4.79 Å². The van der Waals surface area contributed by atoms with E-state index in [1.807, 2.05) is 0 Å². The predicted octanol–water partition coefficient (Wildman–Crippen LogP) is 2.72. The van der Waals surface area contributed by atoms with Gasteiger partial charge in [-0.2, -0.15) is 0 Å². The minimum atomic E-state index is 0. The molecule has 1 amide bonds. The Kier molecular flexibility index (Phi) is 5.93. The van der Waals surface area contributed by atoms with Crippen molar-refractivity contribution in [1.82, 2.24) is 4.90 Å². The van der Waals surface area contributed by atoms with Crippen LogP contribution in [-0.4, -0.2) is 28.9 Å². The van der Waals surface area contributed by atoms with E-state index < -0.39 is 0 Å². The van der Waals surface area contributed by atoms with Crippen LogP contribution in [0.3, 0.4) is 0 Å². The van der Waals surface area contributed by atoms with Gasteiger partial charge in [-0.05, 0) is 52.4 Å². The lowest BCUT2D eigenvalue weighted by atomic mass is 9.83. The van der Waals surface area contributed by atoms with Gasteiger partial charge in [0.2, 0.25) is 5.91 Å². The fourth-order valence-electron chi connectivity index (χ4n) is 3.18. The lowest BCUT2D eigenvalue weighted by molar-refractivity contribution is -0.143. The van der Waals surface area contributed by atoms with E-state index in [0.717, 1.165) is 25.7 Å². The number of hydrogen-bond acceptors (Lipinski definition) is 2. The topological polar surface area (TPSA) is 46.3 Å². The van der Waals surface area contributed by atoms with Crippen molar-refractivity contribution in [3.05, 3.63) is 0 Å². The molecule has 0 bridgehead atoms. The first kappa shape index (κ1) is 15.8. The molecule has 2 rings (SSSR count). The van der Waals surface area contributed by atoms with E-state index in [1.165, 1.54) is 19.3 Å². The Hall–Kier alpha value is -0.280. The second kappa shape index (κ2) is 6.76. The molecule has 0 radical (unpaired) electrons. The van der Waals surface area contributed by atoms with Crippen molar-refractivity contribution in [3.8, 4) is 0 Å². The fourth-order valence-corrected chi connectivity index (χ4v) is 3.18. The molecule has 2 aliphatic rings. The molecule has 18 heavy (non-hydrogen) atoms. The fraction of sp³-hybridized carbons (Fsp3) is 0.929. The molecule has 2 aliphatic carbocycles. The highest BCUT2D eigenvalue weighted by Crippen LogP contribution is 2.31. The number of carbonyl (C=O) groups is 1. The highest BCUT2D eigenvalue weighted by Gasteiger charge is 2.35. The summed E-state index contributed by atoms with van der Waals surface area (Å²) in [6, 6.07) is 1.10. The van der Waals surface area contributed by atoms with Crippen LogP contribution in [0.5, 0.6) is 0 Å². The summed E-state index contributed by atoms with van der Waals surface area (Å²) in [7, 11) is 0. The average Bonchev–Trinajstić information content (AvgIpc) is 2.21. The molecule has 0 aromatic heterocycles. The summed E-state index contributed by atoms with van der Waals surface area (Å²) in [5, 5.41) is 0. The number of nitrogens with two attached hydrogens (primary N) is 1. The number of carbonyl (C=O) groups excluding carboxylic acids is 1. The summed E-state index contributed by atoms with van der Waals surface area (Å²) in [4.78, 5) is 14.7. The van der Waals surface area contributed by atoms with Crippen LogP contribution in [-0.2, 0) is 4.79 Å². The molecule has 0 spiro atoms. The number of hydrogen-bond donors (Lipinski definition) is 1. The van der Waals surface area contributed by atoms with Gasteiger partial charge in [-0.1, -0.05) is 6.42 Å². The molecule has 2 fully saturated rings. The maximum absolute atomic E-state index is 12.6. The highest BCUT2D eigenvalue weighted by molar-refractivity contribution is 5.85. The standard InChI is InChI=1S/C14H26N2O.ClH/c1-10(2)16(13-7-4-8-13)14(17)11-5-3-6-12(15)9-11;/h10-13H,3-9,15H2,1-2H3;1H. The van der Waals surface area contributed by atoms with Gasteiger partial charge in [-0.25, -0.2) is 0 Å². The summed E-state index contributed by atoms with van der Waals surface area (Å²) in [6.07, 6.45) is 7.83. The van der Waals surface area contributed by atoms with Gasteiger partial charge in [0.15, 0.2) is 0 Å². The third-order valence-corrected chi connectivity index (χ3v) is 4.34. The maximum atomic E-state index is 12.6. The molecule has 0 aromatic rings. The quantitative estimate of drug-likeness (QED) is 0.860. The summed E-state index contributed by atoms with van der Waals surface area (Å²) in [5.41, 5.74) is 5.99. The molecule has 2 saturated carbocycles. The smallest absolute Gasteiger partial charge is 0.226 e. The van der Waals surface area contributed by atoms with E-state index in [1.54, 1.807) is 0 Å². The summed E-state index contributed by atoms with van der Waals surface area (Å²) < 4.78 is 0. The Morgan fingerprint density at radius 1 is 1.17 bits per heavy atom. The van der Waals surface area contributed by atoms with Crippen molar-refractivity contribution in [3.63, 3.8) is 0 Å². The third-order valence-electron chi connectivity index (χ3n) is 4.34. The van der Waals surface area contributed by atoms with E-state index in [2.05, 4.69) is 18.7 Å². The Bertz CT molecular complexity index is 279. The van der Waals surface area contributed by atoms with Crippen molar-refractivity contribution in [2.24, 2.45) is 11.7 Å². The van der Waals surface area contributed by atoms with Crippen LogP contribution in [0.2, 0.25) is 0 Å². The lowest BCUT2D eigenvalue weighted by Crippen LogP contribution is -2.51. The molecule has 0 aromatic carbocycles. The maximum Gasteiger partial charge on any atom is 0.226 e. The van der Waals surface area contributed by atoms with E-state index in [0.29, 0.717) is 18.0 Å². The van der Waals surface area contributed by atoms with Crippen LogP contribution in [0.15, 0.2) is 0 Å². The van der Waals surface area contributed by atoms with E-state index in [4.69, 9.17) is 5.73 Å². The molecule has 4 heteroatoms. The Morgan fingerprint density at radius 3 is 2.22 bits per heavy atom. The molecule has 3 nitrogen and oxygen atoms in total. The first-order valence-electron chi connectivity index (χ1n) is 7.17. The number of halogens is 1. The van der Waals surface area contributed by atoms with E-state index >= 15 is 0 Å². The first-order valence-corrected chi connectivity index (χ1v) is 7.17. The van der Waals surface area contributed by atoms with E-state index in [9.17, 15) is 4.79 Å². The van der Waals surface area contributed by atoms with Crippen LogP contribution in [0.1, 0.15) is 58.8 Å². The number of rotatable bonds is 3. The molecule has 0 heterocycles. The van der Waals surface area contributed by atoms with E-state index in [-0.39, 0.29) is 24.4 Å². The second-order valence-corrected chi connectivity index (χ2v) is 6.05. The van der Waals surface area contributed by atoms with Crippen molar-refractivity contribution in [2.75, 3.05) is 0 Å². The van der Waals surface area contributed by atoms with Crippen LogP contribution < -0.4 is 5.73 Å². The Balaban J connectivity index is 0.00000162. The largest absolute Gasteiger partial charge is 0.337 e. The van der Waals surface area contributed by atoms with Crippen molar-refractivity contribution in [1.29, 1.82) is 0 Å². The second-order valence-electron chi connectivity index (χ2n) is 6.05. The monoisotopic (exact) mass is 274 g/mol. The molecule has 0 saturated heterocycles. The average molecular weight is 275 g/mol. The zero-order valence-corrected chi connectivity index (χ0v) is 12.4. The van der Waals surface area contributed by atoms with Gasteiger partial charge in [0.1, 0.15) is 0 Å². The highest BCUT2D eigenvalue weighted by atomic mass is 35.5. The molecule has 2 atom stereocenters. The van der Waals surface area contributed by atoms with Crippen LogP contribution in [0, 0.1) is 5.92 Å². The van der Waals surface area contributed by atoms with Gasteiger partial charge in [0.25, 0.3) is 0 Å². The molecular weight excluding hydrogens is 248 g/mol. The number of amides is 1. The minimum Gasteiger partial charge on any atom is -0.337 e. The lowest BCUT2D eigenvalue weighted by Gasteiger charge is -2.43. The van der Waals surface area contributed by atoms with Crippen LogP contribution >= 0.6 is 12.4 Å². The minimum absolute atomic E-state index is 0. The SMILES string of the molecule is CC(C)N(C(=O)C1CCCC(N)C1)C1CCC1.Cl. The summed E-state index contributed by atoms with van der Waals surface area (Å²) >= 11 is 0. The zero-order chi connectivity index (χ0) is 12.4. The van der Waals surface area contributed by atoms with Gasteiger partial charge in [-0.3, -0.25) is 4.79 Å². The molecule has 0 aliphatic heterocycles. The summed E-state index contributed by atoms with van der Waals surface area (Å²) in [6.45, 7) is 4.28. The Labute approximate surface area is 117 Å². The van der Waals surface area contributed by atoms with Gasteiger partial charge >= 0.3 is 0 Å². The molecule has 2 unspecified atom stereocenters. The zero-order valence-electron chi connectivity index (χ0n) is 11.6. The van der Waals surface area contributed by atoms with Crippen molar-refractivity contribution in [2.45, 2.75) is 76.9 Å². The molecule has 2 N–H and O–H groups in total. The van der Waals surface area contributed by atoms with Gasteiger partial charge in [0.05, 0.1) is 0 Å². The van der Waals surface area contributed by atoms with Crippen LogP contribution in [0.4, 0.5) is 0 Å². The first-order chi connectivity index (χ1) is 8.09. The van der Waals surface area contributed by atoms with Gasteiger partial charge in [0, 0.05) is 24.0 Å². The Morgan fingerprint density at radius 2 is 1.78 bits per heavy atom. The third kappa shape index (κ3) is 3.39. The van der Waals surface area contributed by atoms with Crippen LogP contribution in [0.25, 0.3) is 0 Å². The predicted molar refractivity (Wildman–Crippen MR) is 76.8 cm³/mol. The number of nitrogens with zero attached hydrogens (tertiary/aromatic N) is 1. The van der Waals surface area contributed by atoms with Gasteiger partial charge in [-0.15, -0.1) is 12.4 Å². The van der Waals surface area contributed by atoms with Gasteiger partial charge < -0.3 is 10.6 Å².